The lowest BCUT2D eigenvalue weighted by Crippen LogP contribution is -2.32. The fourth-order valence-electron chi connectivity index (χ4n) is 2.17. The van der Waals surface area contributed by atoms with Crippen molar-refractivity contribution in [3.63, 3.8) is 0 Å². The zero-order chi connectivity index (χ0) is 13.2. The van der Waals surface area contributed by atoms with Crippen LogP contribution in [0.15, 0.2) is 22.7 Å². The molecule has 3 nitrogen and oxygen atoms in total. The number of hydrogen-bond donors (Lipinski definition) is 1. The summed E-state index contributed by atoms with van der Waals surface area (Å²) in [5.74, 6) is -0.396. The first-order valence-electron chi connectivity index (χ1n) is 5.91. The monoisotopic (exact) mass is 335 g/mol. The lowest BCUT2D eigenvalue weighted by Gasteiger charge is -2.12. The molecule has 1 fully saturated rings. The van der Waals surface area contributed by atoms with Crippen LogP contribution in [0.25, 0.3) is 0 Å². The van der Waals surface area contributed by atoms with Crippen LogP contribution in [0.5, 0.6) is 0 Å². The molecular formula is C12H15BrFNO2S. The second-order valence-electron chi connectivity index (χ2n) is 4.51. The molecule has 0 unspecified atom stereocenters. The molecule has 0 heterocycles. The zero-order valence-corrected chi connectivity index (χ0v) is 12.2. The molecule has 18 heavy (non-hydrogen) atoms. The molecule has 0 saturated heterocycles. The van der Waals surface area contributed by atoms with Gasteiger partial charge in [0.05, 0.1) is 5.25 Å². The fraction of sp³-hybridized carbons (Fsp3) is 0.500. The number of nitrogens with one attached hydrogen (secondary N) is 1. The van der Waals surface area contributed by atoms with E-state index in [2.05, 4.69) is 20.7 Å². The van der Waals surface area contributed by atoms with Crippen LogP contribution in [-0.4, -0.2) is 13.7 Å². The van der Waals surface area contributed by atoms with E-state index in [4.69, 9.17) is 0 Å². The summed E-state index contributed by atoms with van der Waals surface area (Å²) in [6.45, 7) is 0.00407. The molecule has 0 amide bonds. The maximum atomic E-state index is 13.5. The third kappa shape index (κ3) is 3.30. The lowest BCUT2D eigenvalue weighted by molar-refractivity contribution is 0.559. The Bertz CT molecular complexity index is 527. The van der Waals surface area contributed by atoms with Crippen LogP contribution in [0.3, 0.4) is 0 Å². The molecule has 6 heteroatoms. The Morgan fingerprint density at radius 3 is 2.67 bits per heavy atom. The molecule has 0 radical (unpaired) electrons. The number of halogens is 2. The quantitative estimate of drug-likeness (QED) is 0.919. The second kappa shape index (κ2) is 5.67. The topological polar surface area (TPSA) is 46.2 Å². The fourth-order valence-corrected chi connectivity index (χ4v) is 4.13. The van der Waals surface area contributed by atoms with Crippen molar-refractivity contribution < 1.29 is 12.8 Å². The highest BCUT2D eigenvalue weighted by Gasteiger charge is 2.28. The SMILES string of the molecule is O=S(=O)(NCc1cc(Br)ccc1F)C1CCCC1. The number of sulfonamides is 1. The molecule has 0 atom stereocenters. The van der Waals surface area contributed by atoms with Crippen molar-refractivity contribution in [2.24, 2.45) is 0 Å². The molecule has 1 aromatic carbocycles. The Labute approximate surface area is 115 Å². The number of benzene rings is 1. The number of rotatable bonds is 4. The minimum absolute atomic E-state index is 0.00407. The third-order valence-corrected chi connectivity index (χ3v) is 5.60. The highest BCUT2D eigenvalue weighted by molar-refractivity contribution is 9.10. The Hall–Kier alpha value is -0.460. The van der Waals surface area contributed by atoms with E-state index in [1.54, 1.807) is 12.1 Å². The van der Waals surface area contributed by atoms with Crippen LogP contribution in [-0.2, 0) is 16.6 Å². The molecule has 0 aliphatic heterocycles. The van der Waals surface area contributed by atoms with Crippen molar-refractivity contribution in [1.82, 2.24) is 4.72 Å². The Kier molecular flexibility index (Phi) is 4.40. The average Bonchev–Trinajstić information content (AvgIpc) is 2.85. The molecule has 100 valence electrons. The minimum Gasteiger partial charge on any atom is -0.212 e. The molecule has 1 aliphatic rings. The summed E-state index contributed by atoms with van der Waals surface area (Å²) in [6, 6.07) is 4.50. The van der Waals surface area contributed by atoms with Gasteiger partial charge in [-0.05, 0) is 31.0 Å². The van der Waals surface area contributed by atoms with Gasteiger partial charge in [-0.3, -0.25) is 0 Å². The maximum Gasteiger partial charge on any atom is 0.214 e. The van der Waals surface area contributed by atoms with E-state index in [-0.39, 0.29) is 11.8 Å². The van der Waals surface area contributed by atoms with E-state index in [0.29, 0.717) is 18.4 Å². The summed E-state index contributed by atoms with van der Waals surface area (Å²) in [7, 11) is -3.32. The van der Waals surface area contributed by atoms with Gasteiger partial charge in [-0.25, -0.2) is 17.5 Å². The summed E-state index contributed by atoms with van der Waals surface area (Å²) in [6.07, 6.45) is 3.32. The van der Waals surface area contributed by atoms with E-state index >= 15 is 0 Å². The van der Waals surface area contributed by atoms with Gasteiger partial charge in [0.25, 0.3) is 0 Å². The number of hydrogen-bond acceptors (Lipinski definition) is 2. The molecule has 0 aromatic heterocycles. The second-order valence-corrected chi connectivity index (χ2v) is 7.47. The summed E-state index contributed by atoms with van der Waals surface area (Å²) >= 11 is 3.24. The van der Waals surface area contributed by atoms with Crippen molar-refractivity contribution >= 4 is 26.0 Å². The first-order chi connectivity index (χ1) is 8.49. The van der Waals surface area contributed by atoms with E-state index in [1.807, 2.05) is 0 Å². The van der Waals surface area contributed by atoms with Gasteiger partial charge in [0.1, 0.15) is 5.82 Å². The first kappa shape index (κ1) is 14.0. The normalized spacial score (nSPS) is 17.2. The summed E-state index contributed by atoms with van der Waals surface area (Å²) in [5.41, 5.74) is 0.353. The van der Waals surface area contributed by atoms with Gasteiger partial charge in [0, 0.05) is 16.6 Å². The smallest absolute Gasteiger partial charge is 0.212 e. The molecule has 2 rings (SSSR count). The first-order valence-corrected chi connectivity index (χ1v) is 8.25. The van der Waals surface area contributed by atoms with Gasteiger partial charge in [0.2, 0.25) is 10.0 Å². The predicted molar refractivity (Wildman–Crippen MR) is 72.1 cm³/mol. The van der Waals surface area contributed by atoms with Crippen LogP contribution in [0.4, 0.5) is 4.39 Å². The van der Waals surface area contributed by atoms with Gasteiger partial charge in [-0.1, -0.05) is 28.8 Å². The molecule has 1 aliphatic carbocycles. The van der Waals surface area contributed by atoms with Gasteiger partial charge < -0.3 is 0 Å². The van der Waals surface area contributed by atoms with Gasteiger partial charge in [0.15, 0.2) is 0 Å². The van der Waals surface area contributed by atoms with Crippen molar-refractivity contribution in [3.05, 3.63) is 34.1 Å². The van der Waals surface area contributed by atoms with Crippen LogP contribution in [0.2, 0.25) is 0 Å². The zero-order valence-electron chi connectivity index (χ0n) is 9.83. The van der Waals surface area contributed by atoms with Crippen molar-refractivity contribution in [2.75, 3.05) is 0 Å². The van der Waals surface area contributed by atoms with Crippen molar-refractivity contribution in [1.29, 1.82) is 0 Å². The van der Waals surface area contributed by atoms with E-state index in [0.717, 1.165) is 17.3 Å². The molecule has 1 N–H and O–H groups in total. The van der Waals surface area contributed by atoms with Gasteiger partial charge >= 0.3 is 0 Å². The van der Waals surface area contributed by atoms with E-state index < -0.39 is 15.8 Å². The van der Waals surface area contributed by atoms with Gasteiger partial charge in [-0.15, -0.1) is 0 Å². The highest BCUT2D eigenvalue weighted by atomic mass is 79.9. The van der Waals surface area contributed by atoms with E-state index in [1.165, 1.54) is 6.07 Å². The molecular weight excluding hydrogens is 321 g/mol. The molecule has 0 spiro atoms. The summed E-state index contributed by atoms with van der Waals surface area (Å²) in [5, 5.41) is -0.312. The Balaban J connectivity index is 2.04. The molecule has 0 bridgehead atoms. The van der Waals surface area contributed by atoms with Crippen molar-refractivity contribution in [3.8, 4) is 0 Å². The average molecular weight is 336 g/mol. The van der Waals surface area contributed by atoms with Crippen molar-refractivity contribution in [2.45, 2.75) is 37.5 Å². The largest absolute Gasteiger partial charge is 0.214 e. The molecule has 1 aromatic rings. The van der Waals surface area contributed by atoms with Crippen LogP contribution < -0.4 is 4.72 Å². The van der Waals surface area contributed by atoms with Gasteiger partial charge in [-0.2, -0.15) is 0 Å². The third-order valence-electron chi connectivity index (χ3n) is 3.21. The maximum absolute atomic E-state index is 13.5. The standard InChI is InChI=1S/C12H15BrFNO2S/c13-10-5-6-12(14)9(7-10)8-15-18(16,17)11-3-1-2-4-11/h5-7,11,15H,1-4,8H2. The summed E-state index contributed by atoms with van der Waals surface area (Å²) in [4.78, 5) is 0. The highest BCUT2D eigenvalue weighted by Crippen LogP contribution is 2.24. The predicted octanol–water partition coefficient (Wildman–Crippen LogP) is 2.95. The minimum atomic E-state index is -3.32. The van der Waals surface area contributed by atoms with Crippen LogP contribution >= 0.6 is 15.9 Å². The van der Waals surface area contributed by atoms with Crippen LogP contribution in [0.1, 0.15) is 31.2 Å². The summed E-state index contributed by atoms with van der Waals surface area (Å²) < 4.78 is 40.6. The van der Waals surface area contributed by atoms with E-state index in [9.17, 15) is 12.8 Å². The Morgan fingerprint density at radius 2 is 2.00 bits per heavy atom. The van der Waals surface area contributed by atoms with Crippen LogP contribution in [0, 0.1) is 5.82 Å². The molecule has 1 saturated carbocycles. The lowest BCUT2D eigenvalue weighted by atomic mass is 10.2. The Morgan fingerprint density at radius 1 is 1.33 bits per heavy atom.